The van der Waals surface area contributed by atoms with Crippen LogP contribution in [0.25, 0.3) is 0 Å². The normalized spacial score (nSPS) is 10.3. The van der Waals surface area contributed by atoms with Gasteiger partial charge in [0.05, 0.1) is 12.7 Å². The number of nitrogens with zero attached hydrogens (tertiary/aromatic N) is 2. The van der Waals surface area contributed by atoms with Crippen LogP contribution in [0, 0.1) is 6.92 Å². The molecule has 2 N–H and O–H groups in total. The number of nitrogens with one attached hydrogen (secondary N) is 2. The van der Waals surface area contributed by atoms with E-state index in [1.165, 1.54) is 12.7 Å². The Balaban J connectivity index is 1.74. The second-order valence-corrected chi connectivity index (χ2v) is 6.42. The number of aryl methyl sites for hydroxylation is 2. The Labute approximate surface area is 169 Å². The third kappa shape index (κ3) is 5.16. The van der Waals surface area contributed by atoms with Crippen molar-refractivity contribution >= 4 is 29.2 Å². The van der Waals surface area contributed by atoms with Crippen molar-refractivity contribution in [2.24, 2.45) is 0 Å². The first kappa shape index (κ1) is 20.0. The molecule has 1 amide bonds. The minimum absolute atomic E-state index is 0.255. The molecule has 29 heavy (non-hydrogen) atoms. The maximum absolute atomic E-state index is 12.6. The Kier molecular flexibility index (Phi) is 6.19. The first-order valence-electron chi connectivity index (χ1n) is 9.20. The summed E-state index contributed by atoms with van der Waals surface area (Å²) < 4.78 is 4.69. The molecule has 0 aliphatic carbocycles. The summed E-state index contributed by atoms with van der Waals surface area (Å²) in [6.45, 7) is 3.87. The van der Waals surface area contributed by atoms with E-state index in [4.69, 9.17) is 0 Å². The highest BCUT2D eigenvalue weighted by atomic mass is 16.5. The minimum Gasteiger partial charge on any atom is -0.465 e. The molecule has 7 heteroatoms. The van der Waals surface area contributed by atoms with Crippen LogP contribution in [-0.4, -0.2) is 29.0 Å². The number of esters is 1. The summed E-state index contributed by atoms with van der Waals surface area (Å²) in [6, 6.07) is 16.0. The number of carbonyl (C=O) groups excluding carboxylic acids is 2. The predicted octanol–water partition coefficient (Wildman–Crippen LogP) is 4.13. The largest absolute Gasteiger partial charge is 0.465 e. The molecule has 0 unspecified atom stereocenters. The number of hydrogen-bond donors (Lipinski definition) is 2. The van der Waals surface area contributed by atoms with Crippen molar-refractivity contribution < 1.29 is 14.3 Å². The molecule has 2 aromatic carbocycles. The molecule has 0 aliphatic rings. The first-order valence-corrected chi connectivity index (χ1v) is 9.20. The molecule has 0 spiro atoms. The van der Waals surface area contributed by atoms with Gasteiger partial charge in [0.25, 0.3) is 5.91 Å². The highest BCUT2D eigenvalue weighted by Crippen LogP contribution is 2.17. The number of anilines is 3. The molecule has 3 rings (SSSR count). The number of rotatable bonds is 6. The van der Waals surface area contributed by atoms with Crippen molar-refractivity contribution in [3.8, 4) is 0 Å². The van der Waals surface area contributed by atoms with Gasteiger partial charge in [-0.25, -0.2) is 14.8 Å². The average molecular weight is 390 g/mol. The maximum Gasteiger partial charge on any atom is 0.337 e. The van der Waals surface area contributed by atoms with E-state index in [0.29, 0.717) is 28.6 Å². The third-order valence-electron chi connectivity index (χ3n) is 4.27. The van der Waals surface area contributed by atoms with Gasteiger partial charge < -0.3 is 15.4 Å². The van der Waals surface area contributed by atoms with Gasteiger partial charge in [0.15, 0.2) is 0 Å². The highest BCUT2D eigenvalue weighted by molar-refractivity contribution is 6.03. The molecule has 0 radical (unpaired) electrons. The van der Waals surface area contributed by atoms with Crippen LogP contribution in [0.1, 0.15) is 39.0 Å². The molecule has 3 aromatic rings. The summed E-state index contributed by atoms with van der Waals surface area (Å²) in [4.78, 5) is 32.7. The molecular formula is C22H22N4O3. The first-order chi connectivity index (χ1) is 14.0. The zero-order valence-electron chi connectivity index (χ0n) is 16.5. The predicted molar refractivity (Wildman–Crippen MR) is 112 cm³/mol. The standard InChI is InChI=1S/C22H22N4O3/c1-4-15-5-9-17(10-6-15)24-20(27)19-13-14(2)23-22(26-19)25-18-11-7-16(8-12-18)21(28)29-3/h5-13H,4H2,1-3H3,(H,24,27)(H,23,25,26). The lowest BCUT2D eigenvalue weighted by molar-refractivity contribution is 0.0600. The van der Waals surface area contributed by atoms with E-state index >= 15 is 0 Å². The summed E-state index contributed by atoms with van der Waals surface area (Å²) in [5, 5.41) is 5.89. The van der Waals surface area contributed by atoms with E-state index < -0.39 is 5.97 Å². The van der Waals surface area contributed by atoms with Crippen molar-refractivity contribution in [3.05, 3.63) is 77.1 Å². The molecule has 0 saturated carbocycles. The number of amides is 1. The lowest BCUT2D eigenvalue weighted by Gasteiger charge is -2.10. The fourth-order valence-electron chi connectivity index (χ4n) is 2.70. The number of ether oxygens (including phenoxy) is 1. The summed E-state index contributed by atoms with van der Waals surface area (Å²) in [5.74, 6) is -0.430. The van der Waals surface area contributed by atoms with E-state index in [1.807, 2.05) is 24.3 Å². The highest BCUT2D eigenvalue weighted by Gasteiger charge is 2.12. The quantitative estimate of drug-likeness (QED) is 0.615. The number of hydrogen-bond acceptors (Lipinski definition) is 6. The van der Waals surface area contributed by atoms with Crippen LogP contribution in [0.2, 0.25) is 0 Å². The fraction of sp³-hybridized carbons (Fsp3) is 0.182. The Morgan fingerprint density at radius 2 is 1.62 bits per heavy atom. The van der Waals surface area contributed by atoms with Crippen molar-refractivity contribution in [1.82, 2.24) is 9.97 Å². The molecule has 1 heterocycles. The fourth-order valence-corrected chi connectivity index (χ4v) is 2.70. The van der Waals surface area contributed by atoms with Crippen LogP contribution in [0.5, 0.6) is 0 Å². The Morgan fingerprint density at radius 1 is 0.966 bits per heavy atom. The van der Waals surface area contributed by atoms with Gasteiger partial charge in [0, 0.05) is 17.1 Å². The molecule has 1 aromatic heterocycles. The van der Waals surface area contributed by atoms with Crippen molar-refractivity contribution in [3.63, 3.8) is 0 Å². The molecule has 0 saturated heterocycles. The van der Waals surface area contributed by atoms with Crippen LogP contribution >= 0.6 is 0 Å². The van der Waals surface area contributed by atoms with Crippen molar-refractivity contribution in [2.75, 3.05) is 17.7 Å². The number of aromatic nitrogens is 2. The van der Waals surface area contributed by atoms with Gasteiger partial charge in [-0.15, -0.1) is 0 Å². The number of benzene rings is 2. The van der Waals surface area contributed by atoms with Gasteiger partial charge in [0.2, 0.25) is 5.95 Å². The average Bonchev–Trinajstić information content (AvgIpc) is 2.74. The summed E-state index contributed by atoms with van der Waals surface area (Å²) in [6.07, 6.45) is 0.939. The van der Waals surface area contributed by atoms with E-state index in [-0.39, 0.29) is 11.6 Å². The zero-order chi connectivity index (χ0) is 20.8. The van der Waals surface area contributed by atoms with Gasteiger partial charge in [-0.05, 0) is 61.4 Å². The van der Waals surface area contributed by atoms with Gasteiger partial charge in [-0.1, -0.05) is 19.1 Å². The van der Waals surface area contributed by atoms with E-state index in [2.05, 4.69) is 32.3 Å². The van der Waals surface area contributed by atoms with Crippen LogP contribution in [-0.2, 0) is 11.2 Å². The van der Waals surface area contributed by atoms with Gasteiger partial charge in [0.1, 0.15) is 5.69 Å². The molecule has 0 fully saturated rings. The zero-order valence-corrected chi connectivity index (χ0v) is 16.5. The molecule has 0 bridgehead atoms. The Bertz CT molecular complexity index is 1020. The molecular weight excluding hydrogens is 368 g/mol. The maximum atomic E-state index is 12.6. The lowest BCUT2D eigenvalue weighted by atomic mass is 10.1. The van der Waals surface area contributed by atoms with E-state index in [0.717, 1.165) is 6.42 Å². The third-order valence-corrected chi connectivity index (χ3v) is 4.27. The molecule has 0 aliphatic heterocycles. The monoisotopic (exact) mass is 390 g/mol. The SMILES string of the molecule is CCc1ccc(NC(=O)c2cc(C)nc(Nc3ccc(C(=O)OC)cc3)n2)cc1. The van der Waals surface area contributed by atoms with Crippen LogP contribution < -0.4 is 10.6 Å². The molecule has 7 nitrogen and oxygen atoms in total. The van der Waals surface area contributed by atoms with Crippen LogP contribution in [0.3, 0.4) is 0 Å². The minimum atomic E-state index is -0.408. The number of carbonyl (C=O) groups is 2. The van der Waals surface area contributed by atoms with Gasteiger partial charge in [-0.2, -0.15) is 0 Å². The van der Waals surface area contributed by atoms with Crippen molar-refractivity contribution in [1.29, 1.82) is 0 Å². The summed E-state index contributed by atoms with van der Waals surface area (Å²) >= 11 is 0. The summed E-state index contributed by atoms with van der Waals surface area (Å²) in [7, 11) is 1.33. The van der Waals surface area contributed by atoms with Gasteiger partial charge in [-0.3, -0.25) is 4.79 Å². The second kappa shape index (κ2) is 8.97. The number of methoxy groups -OCH3 is 1. The topological polar surface area (TPSA) is 93.2 Å². The van der Waals surface area contributed by atoms with Gasteiger partial charge >= 0.3 is 5.97 Å². The van der Waals surface area contributed by atoms with E-state index in [1.54, 1.807) is 37.3 Å². The second-order valence-electron chi connectivity index (χ2n) is 6.42. The lowest BCUT2D eigenvalue weighted by Crippen LogP contribution is -2.15. The van der Waals surface area contributed by atoms with Crippen LogP contribution in [0.4, 0.5) is 17.3 Å². The Morgan fingerprint density at radius 3 is 2.24 bits per heavy atom. The molecule has 0 atom stereocenters. The summed E-state index contributed by atoms with van der Waals surface area (Å²) in [5.41, 5.74) is 3.94. The smallest absolute Gasteiger partial charge is 0.337 e. The molecule has 148 valence electrons. The van der Waals surface area contributed by atoms with Crippen LogP contribution in [0.15, 0.2) is 54.6 Å². The van der Waals surface area contributed by atoms with E-state index in [9.17, 15) is 9.59 Å². The van der Waals surface area contributed by atoms with Crippen molar-refractivity contribution in [2.45, 2.75) is 20.3 Å². The Hall–Kier alpha value is -3.74.